The predicted octanol–water partition coefficient (Wildman–Crippen LogP) is 23.7. The Balaban J connectivity index is 3.28. The second kappa shape index (κ2) is 69.8. The fourth-order valence-corrected chi connectivity index (χ4v) is 11.7. The molecule has 0 aliphatic carbocycles. The van der Waals surface area contributed by atoms with Crippen LogP contribution in [0.15, 0.2) is 24.3 Å². The third-order valence-corrected chi connectivity index (χ3v) is 17.3. The number of unbranched alkanes of at least 4 members (excludes halogenated alkanes) is 54. The lowest BCUT2D eigenvalue weighted by molar-refractivity contribution is -0.143. The molecule has 80 heavy (non-hydrogen) atoms. The van der Waals surface area contributed by atoms with Crippen molar-refractivity contribution in [1.29, 1.82) is 0 Å². The van der Waals surface area contributed by atoms with Crippen LogP contribution in [0.5, 0.6) is 0 Å². The fraction of sp³-hybridized carbons (Fsp3) is 0.919. The number of amides is 1. The second-order valence-corrected chi connectivity index (χ2v) is 25.3. The summed E-state index contributed by atoms with van der Waals surface area (Å²) < 4.78 is 5.51. The Morgan fingerprint density at radius 1 is 0.350 bits per heavy atom. The van der Waals surface area contributed by atoms with Crippen molar-refractivity contribution in [1.82, 2.24) is 5.32 Å². The normalized spacial score (nSPS) is 12.6. The predicted molar refractivity (Wildman–Crippen MR) is 352 cm³/mol. The standard InChI is InChI=1S/C74H143NO5/c1-3-5-7-9-11-13-15-16-17-18-34-38-41-44-48-52-56-60-64-68-74(79)80-69-65-61-57-53-49-45-42-39-36-33-31-29-27-25-23-21-19-20-22-24-26-28-30-32-35-37-40-43-47-51-55-59-63-67-73(78)75-71(70-76)72(77)66-62-58-54-50-46-14-12-10-8-6-4-2/h11,13,16-17,71-72,76-77H,3-10,12,14-15,18-70H2,1-2H3,(H,75,78)/b13-11-,17-16-. The van der Waals surface area contributed by atoms with E-state index in [9.17, 15) is 19.8 Å². The van der Waals surface area contributed by atoms with Crippen LogP contribution in [-0.4, -0.2) is 47.4 Å². The largest absolute Gasteiger partial charge is 0.466 e. The Morgan fingerprint density at radius 3 is 0.975 bits per heavy atom. The van der Waals surface area contributed by atoms with Crippen molar-refractivity contribution in [2.24, 2.45) is 0 Å². The summed E-state index contributed by atoms with van der Waals surface area (Å²) in [7, 11) is 0. The van der Waals surface area contributed by atoms with Crippen LogP contribution in [0.2, 0.25) is 0 Å². The molecule has 0 aromatic heterocycles. The average molecular weight is 1130 g/mol. The van der Waals surface area contributed by atoms with E-state index in [0.717, 1.165) is 44.9 Å². The number of hydrogen-bond acceptors (Lipinski definition) is 5. The maximum Gasteiger partial charge on any atom is 0.305 e. The van der Waals surface area contributed by atoms with Crippen LogP contribution in [0, 0.1) is 0 Å². The Morgan fingerprint density at radius 2 is 0.625 bits per heavy atom. The Labute approximate surface area is 501 Å². The molecule has 6 heteroatoms. The first-order chi connectivity index (χ1) is 39.5. The molecule has 0 aromatic rings. The molecule has 0 aliphatic rings. The molecule has 0 saturated heterocycles. The van der Waals surface area contributed by atoms with Crippen LogP contribution < -0.4 is 5.32 Å². The number of nitrogens with one attached hydrogen (secondary N) is 1. The van der Waals surface area contributed by atoms with Gasteiger partial charge in [0.1, 0.15) is 0 Å². The van der Waals surface area contributed by atoms with Crippen molar-refractivity contribution in [2.75, 3.05) is 13.2 Å². The van der Waals surface area contributed by atoms with Crippen molar-refractivity contribution in [3.63, 3.8) is 0 Å². The van der Waals surface area contributed by atoms with Gasteiger partial charge in [-0.3, -0.25) is 9.59 Å². The summed E-state index contributed by atoms with van der Waals surface area (Å²) >= 11 is 0. The van der Waals surface area contributed by atoms with Gasteiger partial charge < -0.3 is 20.3 Å². The topological polar surface area (TPSA) is 95.9 Å². The lowest BCUT2D eigenvalue weighted by Crippen LogP contribution is -2.45. The number of esters is 1. The molecule has 0 saturated carbocycles. The number of carbonyl (C=O) groups excluding carboxylic acids is 2. The molecule has 2 atom stereocenters. The number of hydrogen-bond donors (Lipinski definition) is 3. The molecule has 0 aliphatic heterocycles. The van der Waals surface area contributed by atoms with E-state index in [-0.39, 0.29) is 18.5 Å². The van der Waals surface area contributed by atoms with E-state index in [4.69, 9.17) is 4.74 Å². The number of ether oxygens (including phenoxy) is 1. The number of aliphatic hydroxyl groups is 2. The van der Waals surface area contributed by atoms with Crippen molar-refractivity contribution in [3.8, 4) is 0 Å². The minimum absolute atomic E-state index is 0.0186. The molecule has 474 valence electrons. The smallest absolute Gasteiger partial charge is 0.305 e. The molecule has 0 aromatic carbocycles. The molecule has 0 heterocycles. The Hall–Kier alpha value is -1.66. The first kappa shape index (κ1) is 78.3. The zero-order valence-corrected chi connectivity index (χ0v) is 54.3. The van der Waals surface area contributed by atoms with Crippen LogP contribution in [0.3, 0.4) is 0 Å². The number of aliphatic hydroxyl groups excluding tert-OH is 2. The number of allylic oxidation sites excluding steroid dienone is 4. The first-order valence-corrected chi connectivity index (χ1v) is 36.6. The van der Waals surface area contributed by atoms with Gasteiger partial charge in [0.15, 0.2) is 0 Å². The molecule has 6 nitrogen and oxygen atoms in total. The summed E-state index contributed by atoms with van der Waals surface area (Å²) in [6.07, 6.45) is 88.3. The molecule has 1 amide bonds. The van der Waals surface area contributed by atoms with E-state index in [1.807, 2.05) is 0 Å². The van der Waals surface area contributed by atoms with E-state index < -0.39 is 12.1 Å². The third-order valence-electron chi connectivity index (χ3n) is 17.3. The lowest BCUT2D eigenvalue weighted by Gasteiger charge is -2.22. The minimum atomic E-state index is -0.659. The van der Waals surface area contributed by atoms with Crippen molar-refractivity contribution in [2.45, 2.75) is 424 Å². The van der Waals surface area contributed by atoms with Crippen LogP contribution in [0.4, 0.5) is 0 Å². The van der Waals surface area contributed by atoms with Crippen LogP contribution in [0.1, 0.15) is 412 Å². The van der Waals surface area contributed by atoms with Crippen LogP contribution in [0.25, 0.3) is 0 Å². The average Bonchev–Trinajstić information content (AvgIpc) is 3.46. The zero-order chi connectivity index (χ0) is 57.8. The molecule has 0 radical (unpaired) electrons. The van der Waals surface area contributed by atoms with E-state index in [0.29, 0.717) is 25.9 Å². The number of rotatable bonds is 69. The Bertz CT molecular complexity index is 1250. The highest BCUT2D eigenvalue weighted by Crippen LogP contribution is 2.19. The molecular formula is C74H143NO5. The summed E-state index contributed by atoms with van der Waals surface area (Å²) in [6.45, 7) is 4.95. The van der Waals surface area contributed by atoms with E-state index in [1.54, 1.807) is 0 Å². The van der Waals surface area contributed by atoms with Gasteiger partial charge in [0, 0.05) is 12.8 Å². The quantitative estimate of drug-likeness (QED) is 0.0320. The zero-order valence-electron chi connectivity index (χ0n) is 54.3. The summed E-state index contributed by atoms with van der Waals surface area (Å²) in [5.74, 6) is -0.0105. The lowest BCUT2D eigenvalue weighted by atomic mass is 10.0. The van der Waals surface area contributed by atoms with E-state index in [2.05, 4.69) is 43.5 Å². The van der Waals surface area contributed by atoms with Gasteiger partial charge in [-0.25, -0.2) is 0 Å². The van der Waals surface area contributed by atoms with Gasteiger partial charge in [0.25, 0.3) is 0 Å². The fourth-order valence-electron chi connectivity index (χ4n) is 11.7. The van der Waals surface area contributed by atoms with Gasteiger partial charge in [-0.05, 0) is 57.8 Å². The highest BCUT2D eigenvalue weighted by molar-refractivity contribution is 5.76. The molecule has 0 bridgehead atoms. The molecule has 0 spiro atoms. The van der Waals surface area contributed by atoms with Gasteiger partial charge in [-0.1, -0.05) is 366 Å². The summed E-state index contributed by atoms with van der Waals surface area (Å²) in [6, 6.07) is -0.536. The maximum atomic E-state index is 12.5. The van der Waals surface area contributed by atoms with Gasteiger partial charge >= 0.3 is 5.97 Å². The van der Waals surface area contributed by atoms with Crippen molar-refractivity contribution < 1.29 is 24.5 Å². The SMILES string of the molecule is CCCCC/C=C\C/C=C\CCCCCCCCCCCC(=O)OCCCCCCCCCCCCCCCCCCCCCCCCCCCCCCCCCCCC(=O)NC(CO)C(O)CCCCCCCCCCCCC. The van der Waals surface area contributed by atoms with Gasteiger partial charge in [-0.15, -0.1) is 0 Å². The van der Waals surface area contributed by atoms with E-state index >= 15 is 0 Å². The van der Waals surface area contributed by atoms with E-state index in [1.165, 1.54) is 334 Å². The maximum absolute atomic E-state index is 12.5. The van der Waals surface area contributed by atoms with Crippen LogP contribution >= 0.6 is 0 Å². The minimum Gasteiger partial charge on any atom is -0.466 e. The van der Waals surface area contributed by atoms with Crippen molar-refractivity contribution >= 4 is 11.9 Å². The van der Waals surface area contributed by atoms with Gasteiger partial charge in [-0.2, -0.15) is 0 Å². The highest BCUT2D eigenvalue weighted by Gasteiger charge is 2.20. The first-order valence-electron chi connectivity index (χ1n) is 36.6. The molecule has 0 fully saturated rings. The summed E-state index contributed by atoms with van der Waals surface area (Å²) in [5.41, 5.74) is 0. The third kappa shape index (κ3) is 65.5. The van der Waals surface area contributed by atoms with Crippen LogP contribution in [-0.2, 0) is 14.3 Å². The van der Waals surface area contributed by atoms with Crippen molar-refractivity contribution in [3.05, 3.63) is 24.3 Å². The van der Waals surface area contributed by atoms with Gasteiger partial charge in [0.2, 0.25) is 5.91 Å². The van der Waals surface area contributed by atoms with Gasteiger partial charge in [0.05, 0.1) is 25.4 Å². The molecule has 0 rings (SSSR count). The summed E-state index contributed by atoms with van der Waals surface area (Å²) in [4.78, 5) is 24.6. The molecule has 3 N–H and O–H groups in total. The second-order valence-electron chi connectivity index (χ2n) is 25.3. The molecular weight excluding hydrogens is 983 g/mol. The monoisotopic (exact) mass is 1130 g/mol. The molecule has 2 unspecified atom stereocenters. The summed E-state index contributed by atoms with van der Waals surface area (Å²) in [5, 5.41) is 23.2. The number of carbonyl (C=O) groups is 2. The Kier molecular flexibility index (Phi) is 68.4. The highest BCUT2D eigenvalue weighted by atomic mass is 16.5.